The highest BCUT2D eigenvalue weighted by molar-refractivity contribution is 5.84. The first-order chi connectivity index (χ1) is 12.9. The Morgan fingerprint density at radius 3 is 2.07 bits per heavy atom. The average Bonchev–Trinajstić information content (AvgIpc) is 2.64. The van der Waals surface area contributed by atoms with Crippen molar-refractivity contribution >= 4 is 11.9 Å². The summed E-state index contributed by atoms with van der Waals surface area (Å²) in [6.07, 6.45) is 7.33. The summed E-state index contributed by atoms with van der Waals surface area (Å²) in [5.74, 6) is -0.404. The lowest BCUT2D eigenvalue weighted by Gasteiger charge is -2.18. The van der Waals surface area contributed by atoms with Crippen LogP contribution in [0.15, 0.2) is 24.3 Å². The Bertz CT molecular complexity index is 556. The Labute approximate surface area is 162 Å². The van der Waals surface area contributed by atoms with Gasteiger partial charge in [0.1, 0.15) is 17.5 Å². The van der Waals surface area contributed by atoms with Gasteiger partial charge in [-0.3, -0.25) is 4.79 Å². The number of aliphatic carboxylic acids is 1. The van der Waals surface area contributed by atoms with Crippen molar-refractivity contribution < 1.29 is 24.2 Å². The molecule has 1 aromatic carbocycles. The van der Waals surface area contributed by atoms with Crippen molar-refractivity contribution in [2.75, 3.05) is 13.2 Å². The average molecular weight is 379 g/mol. The highest BCUT2D eigenvalue weighted by atomic mass is 16.5. The SMILES string of the molecule is CCCCCCCCOc1ccc(OCC(=O)NC(C(=O)O)C(C)C)cc1. The molecule has 2 N–H and O–H groups in total. The van der Waals surface area contributed by atoms with E-state index in [4.69, 9.17) is 14.6 Å². The third-order valence-electron chi connectivity index (χ3n) is 4.21. The van der Waals surface area contributed by atoms with Gasteiger partial charge in [0.25, 0.3) is 5.91 Å². The van der Waals surface area contributed by atoms with Gasteiger partial charge in [-0.2, -0.15) is 0 Å². The third kappa shape index (κ3) is 9.87. The third-order valence-corrected chi connectivity index (χ3v) is 4.21. The summed E-state index contributed by atoms with van der Waals surface area (Å²) in [4.78, 5) is 22.9. The number of carbonyl (C=O) groups excluding carboxylic acids is 1. The molecule has 0 fully saturated rings. The van der Waals surface area contributed by atoms with E-state index in [0.29, 0.717) is 12.4 Å². The van der Waals surface area contributed by atoms with E-state index < -0.39 is 17.9 Å². The fraction of sp³-hybridized carbons (Fsp3) is 0.619. The zero-order valence-electron chi connectivity index (χ0n) is 16.7. The van der Waals surface area contributed by atoms with E-state index in [1.54, 1.807) is 38.1 Å². The first kappa shape index (κ1) is 22.8. The summed E-state index contributed by atoms with van der Waals surface area (Å²) in [6, 6.07) is 6.16. The van der Waals surface area contributed by atoms with Crippen molar-refractivity contribution in [1.29, 1.82) is 0 Å². The van der Waals surface area contributed by atoms with E-state index in [2.05, 4.69) is 12.2 Å². The van der Waals surface area contributed by atoms with Crippen LogP contribution in [0.3, 0.4) is 0 Å². The topological polar surface area (TPSA) is 84.9 Å². The second-order valence-electron chi connectivity index (χ2n) is 7.00. The monoisotopic (exact) mass is 379 g/mol. The van der Waals surface area contributed by atoms with Gasteiger partial charge in [0.2, 0.25) is 0 Å². The molecule has 27 heavy (non-hydrogen) atoms. The van der Waals surface area contributed by atoms with Gasteiger partial charge >= 0.3 is 5.97 Å². The predicted octanol–water partition coefficient (Wildman–Crippen LogP) is 4.03. The summed E-state index contributed by atoms with van der Waals surface area (Å²) in [7, 11) is 0. The van der Waals surface area contributed by atoms with Crippen molar-refractivity contribution in [2.24, 2.45) is 5.92 Å². The summed E-state index contributed by atoms with van der Waals surface area (Å²) in [5.41, 5.74) is 0. The summed E-state index contributed by atoms with van der Waals surface area (Å²) < 4.78 is 11.1. The van der Waals surface area contributed by atoms with Crippen molar-refractivity contribution in [3.63, 3.8) is 0 Å². The van der Waals surface area contributed by atoms with Gasteiger partial charge in [-0.25, -0.2) is 4.79 Å². The quantitative estimate of drug-likeness (QED) is 0.477. The van der Waals surface area contributed by atoms with Crippen LogP contribution in [0.4, 0.5) is 0 Å². The Kier molecular flexibility index (Phi) is 11.0. The van der Waals surface area contributed by atoms with Gasteiger partial charge in [0.05, 0.1) is 6.61 Å². The molecule has 0 saturated heterocycles. The van der Waals surface area contributed by atoms with Gasteiger partial charge in [0.15, 0.2) is 6.61 Å². The molecular formula is C21H33NO5. The lowest BCUT2D eigenvalue weighted by molar-refractivity contribution is -0.143. The molecule has 6 nitrogen and oxygen atoms in total. The number of nitrogens with one attached hydrogen (secondary N) is 1. The van der Waals surface area contributed by atoms with Crippen LogP contribution in [0.2, 0.25) is 0 Å². The maximum absolute atomic E-state index is 11.8. The van der Waals surface area contributed by atoms with E-state index in [-0.39, 0.29) is 12.5 Å². The van der Waals surface area contributed by atoms with Crippen LogP contribution in [0.1, 0.15) is 59.3 Å². The molecule has 1 amide bonds. The largest absolute Gasteiger partial charge is 0.494 e. The highest BCUT2D eigenvalue weighted by Gasteiger charge is 2.23. The first-order valence-corrected chi connectivity index (χ1v) is 9.81. The molecule has 0 aromatic heterocycles. The number of ether oxygens (including phenoxy) is 2. The molecule has 0 spiro atoms. The second kappa shape index (κ2) is 13.0. The van der Waals surface area contributed by atoms with Crippen molar-refractivity contribution in [3.05, 3.63) is 24.3 Å². The number of benzene rings is 1. The molecule has 0 heterocycles. The predicted molar refractivity (Wildman–Crippen MR) is 105 cm³/mol. The van der Waals surface area contributed by atoms with E-state index in [1.807, 2.05) is 0 Å². The first-order valence-electron chi connectivity index (χ1n) is 9.81. The van der Waals surface area contributed by atoms with E-state index in [1.165, 1.54) is 32.1 Å². The fourth-order valence-corrected chi connectivity index (χ4v) is 2.58. The lowest BCUT2D eigenvalue weighted by atomic mass is 10.1. The van der Waals surface area contributed by atoms with Crippen molar-refractivity contribution in [2.45, 2.75) is 65.3 Å². The zero-order chi connectivity index (χ0) is 20.1. The van der Waals surface area contributed by atoms with Crippen LogP contribution in [-0.2, 0) is 9.59 Å². The minimum atomic E-state index is -1.05. The van der Waals surface area contributed by atoms with Gasteiger partial charge in [-0.15, -0.1) is 0 Å². The number of hydrogen-bond acceptors (Lipinski definition) is 4. The summed E-state index contributed by atoms with van der Waals surface area (Å²) in [5, 5.41) is 11.5. The standard InChI is InChI=1S/C21H33NO5/c1-4-5-6-7-8-9-14-26-17-10-12-18(13-11-17)27-15-19(23)22-20(16(2)3)21(24)25/h10-13,16,20H,4-9,14-15H2,1-3H3,(H,22,23)(H,24,25). The zero-order valence-corrected chi connectivity index (χ0v) is 16.7. The van der Waals surface area contributed by atoms with E-state index in [0.717, 1.165) is 12.2 Å². The van der Waals surface area contributed by atoms with Crippen LogP contribution >= 0.6 is 0 Å². The second-order valence-corrected chi connectivity index (χ2v) is 7.00. The smallest absolute Gasteiger partial charge is 0.326 e. The molecule has 0 aliphatic carbocycles. The molecule has 0 aliphatic heterocycles. The lowest BCUT2D eigenvalue weighted by Crippen LogP contribution is -2.46. The molecule has 6 heteroatoms. The molecule has 0 radical (unpaired) electrons. The number of amides is 1. The number of unbranched alkanes of at least 4 members (excludes halogenated alkanes) is 5. The van der Waals surface area contributed by atoms with Crippen LogP contribution in [0.25, 0.3) is 0 Å². The molecule has 152 valence electrons. The number of carboxylic acids is 1. The Balaban J connectivity index is 2.27. The molecule has 0 bridgehead atoms. The minimum absolute atomic E-state index is 0.200. The highest BCUT2D eigenvalue weighted by Crippen LogP contribution is 2.18. The van der Waals surface area contributed by atoms with Crippen LogP contribution in [0.5, 0.6) is 11.5 Å². The molecule has 0 aliphatic rings. The molecule has 1 atom stereocenters. The number of hydrogen-bond donors (Lipinski definition) is 2. The number of carboxylic acid groups (broad SMARTS) is 1. The number of rotatable bonds is 14. The Morgan fingerprint density at radius 1 is 0.963 bits per heavy atom. The number of carbonyl (C=O) groups is 2. The molecular weight excluding hydrogens is 346 g/mol. The van der Waals surface area contributed by atoms with Gasteiger partial charge in [0, 0.05) is 0 Å². The van der Waals surface area contributed by atoms with Gasteiger partial charge in [-0.05, 0) is 36.6 Å². The van der Waals surface area contributed by atoms with Gasteiger partial charge < -0.3 is 19.9 Å². The Hall–Kier alpha value is -2.24. The normalized spacial score (nSPS) is 11.9. The van der Waals surface area contributed by atoms with Gasteiger partial charge in [-0.1, -0.05) is 52.9 Å². The van der Waals surface area contributed by atoms with Crippen molar-refractivity contribution in [1.82, 2.24) is 5.32 Å². The molecule has 0 saturated carbocycles. The Morgan fingerprint density at radius 2 is 1.52 bits per heavy atom. The maximum Gasteiger partial charge on any atom is 0.326 e. The summed E-state index contributed by atoms with van der Waals surface area (Å²) >= 11 is 0. The maximum atomic E-state index is 11.8. The van der Waals surface area contributed by atoms with Crippen molar-refractivity contribution in [3.8, 4) is 11.5 Å². The van der Waals surface area contributed by atoms with Crippen LogP contribution < -0.4 is 14.8 Å². The summed E-state index contributed by atoms with van der Waals surface area (Å²) in [6.45, 7) is 6.16. The molecule has 1 rings (SSSR count). The van der Waals surface area contributed by atoms with Crippen LogP contribution in [-0.4, -0.2) is 36.2 Å². The fourth-order valence-electron chi connectivity index (χ4n) is 2.58. The molecule has 1 aromatic rings. The van der Waals surface area contributed by atoms with E-state index in [9.17, 15) is 9.59 Å². The minimum Gasteiger partial charge on any atom is -0.494 e. The van der Waals surface area contributed by atoms with Crippen LogP contribution in [0, 0.1) is 5.92 Å². The van der Waals surface area contributed by atoms with E-state index >= 15 is 0 Å². The molecule has 1 unspecified atom stereocenters.